The molecule has 1 heterocycles. The number of amides is 3. The van der Waals surface area contributed by atoms with Crippen molar-refractivity contribution >= 4 is 23.4 Å². The maximum atomic E-state index is 13.0. The summed E-state index contributed by atoms with van der Waals surface area (Å²) in [6.07, 6.45) is 3.51. The Hall–Kier alpha value is -3.15. The second kappa shape index (κ2) is 8.92. The number of nitrogens with one attached hydrogen (secondary N) is 2. The topological polar surface area (TPSA) is 78.5 Å². The number of benzene rings is 2. The molecule has 0 spiro atoms. The molecule has 2 aromatic rings. The van der Waals surface area contributed by atoms with E-state index in [1.54, 1.807) is 29.2 Å². The number of rotatable bonds is 5. The predicted octanol–water partition coefficient (Wildman–Crippen LogP) is 3.69. The second-order valence-electron chi connectivity index (χ2n) is 8.75. The first kappa shape index (κ1) is 21.1. The fourth-order valence-corrected chi connectivity index (χ4v) is 4.17. The highest BCUT2D eigenvalue weighted by Crippen LogP contribution is 2.24. The number of para-hydroxylation sites is 1. The van der Waals surface area contributed by atoms with Crippen molar-refractivity contribution in [2.75, 3.05) is 18.4 Å². The molecule has 2 N–H and O–H groups in total. The minimum absolute atomic E-state index is 0.0338. The van der Waals surface area contributed by atoms with Gasteiger partial charge in [0.05, 0.1) is 17.2 Å². The number of hydrogen-bond acceptors (Lipinski definition) is 3. The van der Waals surface area contributed by atoms with E-state index in [2.05, 4.69) is 10.6 Å². The Balaban J connectivity index is 1.43. The molecular formula is C25H29N3O3. The van der Waals surface area contributed by atoms with Crippen LogP contribution in [0, 0.1) is 19.8 Å². The number of carbonyl (C=O) groups excluding carboxylic acids is 3. The first-order chi connectivity index (χ1) is 14.9. The predicted molar refractivity (Wildman–Crippen MR) is 120 cm³/mol. The number of carbonyl (C=O) groups is 3. The minimum Gasteiger partial charge on any atom is -0.349 e. The monoisotopic (exact) mass is 419 g/mol. The van der Waals surface area contributed by atoms with Crippen LogP contribution >= 0.6 is 0 Å². The summed E-state index contributed by atoms with van der Waals surface area (Å²) in [5.74, 6) is -0.644. The Labute approximate surface area is 183 Å². The van der Waals surface area contributed by atoms with Crippen LogP contribution in [-0.4, -0.2) is 41.8 Å². The molecule has 4 rings (SSSR count). The first-order valence-corrected chi connectivity index (χ1v) is 11.0. The summed E-state index contributed by atoms with van der Waals surface area (Å²) in [6.45, 7) is 4.99. The fourth-order valence-electron chi connectivity index (χ4n) is 4.17. The van der Waals surface area contributed by atoms with Gasteiger partial charge in [-0.3, -0.25) is 14.4 Å². The van der Waals surface area contributed by atoms with E-state index in [0.717, 1.165) is 36.8 Å². The molecule has 162 valence electrons. The van der Waals surface area contributed by atoms with Gasteiger partial charge in [-0.25, -0.2) is 0 Å². The molecular weight excluding hydrogens is 390 g/mol. The Morgan fingerprint density at radius 1 is 0.968 bits per heavy atom. The molecule has 6 heteroatoms. The van der Waals surface area contributed by atoms with Gasteiger partial charge in [0.1, 0.15) is 0 Å². The smallest absolute Gasteiger partial charge is 0.253 e. The average molecular weight is 420 g/mol. The van der Waals surface area contributed by atoms with Crippen molar-refractivity contribution in [1.29, 1.82) is 0 Å². The van der Waals surface area contributed by atoms with E-state index in [9.17, 15) is 14.4 Å². The molecule has 1 aliphatic heterocycles. The van der Waals surface area contributed by atoms with Crippen molar-refractivity contribution in [3.8, 4) is 0 Å². The minimum atomic E-state index is -0.303. The molecule has 3 amide bonds. The van der Waals surface area contributed by atoms with E-state index >= 15 is 0 Å². The SMILES string of the molecule is Cc1cc(C)cc(C(=O)N2CCCC(C(=O)Nc3ccccc3C(=O)NC3CC3)C2)c1. The third-order valence-corrected chi connectivity index (χ3v) is 5.89. The Morgan fingerprint density at radius 2 is 1.68 bits per heavy atom. The lowest BCUT2D eigenvalue weighted by atomic mass is 9.95. The Bertz CT molecular complexity index is 993. The lowest BCUT2D eigenvalue weighted by Crippen LogP contribution is -2.44. The zero-order chi connectivity index (χ0) is 22.0. The molecule has 0 radical (unpaired) electrons. The summed E-state index contributed by atoms with van der Waals surface area (Å²) >= 11 is 0. The maximum absolute atomic E-state index is 13.0. The molecule has 1 unspecified atom stereocenters. The molecule has 1 aliphatic carbocycles. The lowest BCUT2D eigenvalue weighted by molar-refractivity contribution is -0.121. The second-order valence-corrected chi connectivity index (χ2v) is 8.75. The summed E-state index contributed by atoms with van der Waals surface area (Å²) in [5, 5.41) is 5.90. The van der Waals surface area contributed by atoms with Crippen LogP contribution in [-0.2, 0) is 4.79 Å². The summed E-state index contributed by atoms with van der Waals surface area (Å²) in [5.41, 5.74) is 3.76. The van der Waals surface area contributed by atoms with E-state index < -0.39 is 0 Å². The van der Waals surface area contributed by atoms with Gasteiger partial charge in [-0.1, -0.05) is 29.3 Å². The largest absolute Gasteiger partial charge is 0.349 e. The van der Waals surface area contributed by atoms with Crippen LogP contribution in [0.1, 0.15) is 57.5 Å². The zero-order valence-electron chi connectivity index (χ0n) is 18.1. The fraction of sp³-hybridized carbons (Fsp3) is 0.400. The van der Waals surface area contributed by atoms with Crippen LogP contribution in [0.3, 0.4) is 0 Å². The number of aryl methyl sites for hydroxylation is 2. The standard InChI is InChI=1S/C25H29N3O3/c1-16-12-17(2)14-19(13-16)25(31)28-11-5-6-18(15-28)23(29)27-22-8-4-3-7-21(22)24(30)26-20-9-10-20/h3-4,7-8,12-14,18,20H,5-6,9-11,15H2,1-2H3,(H,26,30)(H,27,29). The average Bonchev–Trinajstić information content (AvgIpc) is 3.57. The number of hydrogen-bond donors (Lipinski definition) is 2. The molecule has 0 aromatic heterocycles. The number of anilines is 1. The molecule has 1 atom stereocenters. The van der Waals surface area contributed by atoms with Crippen molar-refractivity contribution in [3.63, 3.8) is 0 Å². The van der Waals surface area contributed by atoms with E-state index in [4.69, 9.17) is 0 Å². The van der Waals surface area contributed by atoms with Crippen LogP contribution in [0.2, 0.25) is 0 Å². The first-order valence-electron chi connectivity index (χ1n) is 11.0. The number of nitrogens with zero attached hydrogens (tertiary/aromatic N) is 1. The lowest BCUT2D eigenvalue weighted by Gasteiger charge is -2.32. The van der Waals surface area contributed by atoms with Crippen molar-refractivity contribution in [3.05, 3.63) is 64.7 Å². The maximum Gasteiger partial charge on any atom is 0.253 e. The van der Waals surface area contributed by atoms with Crippen LogP contribution in [0.25, 0.3) is 0 Å². The highest BCUT2D eigenvalue weighted by atomic mass is 16.2. The van der Waals surface area contributed by atoms with Crippen LogP contribution in [0.5, 0.6) is 0 Å². The van der Waals surface area contributed by atoms with Crippen molar-refractivity contribution < 1.29 is 14.4 Å². The van der Waals surface area contributed by atoms with Crippen LogP contribution < -0.4 is 10.6 Å². The van der Waals surface area contributed by atoms with Crippen molar-refractivity contribution in [1.82, 2.24) is 10.2 Å². The molecule has 2 aromatic carbocycles. The molecule has 2 fully saturated rings. The zero-order valence-corrected chi connectivity index (χ0v) is 18.1. The quantitative estimate of drug-likeness (QED) is 0.776. The normalized spacial score (nSPS) is 18.4. The van der Waals surface area contributed by atoms with E-state index in [0.29, 0.717) is 29.9 Å². The molecule has 1 saturated carbocycles. The van der Waals surface area contributed by atoms with Gasteiger partial charge >= 0.3 is 0 Å². The highest BCUT2D eigenvalue weighted by Gasteiger charge is 2.30. The van der Waals surface area contributed by atoms with Crippen molar-refractivity contribution in [2.45, 2.75) is 45.6 Å². The van der Waals surface area contributed by atoms with Gasteiger partial charge in [-0.15, -0.1) is 0 Å². The van der Waals surface area contributed by atoms with Gasteiger partial charge in [-0.05, 0) is 63.8 Å². The number of likely N-dealkylation sites (tertiary alicyclic amines) is 1. The number of piperidine rings is 1. The molecule has 1 saturated heterocycles. The van der Waals surface area contributed by atoms with Gasteiger partial charge in [0.15, 0.2) is 0 Å². The summed E-state index contributed by atoms with van der Waals surface area (Å²) < 4.78 is 0. The highest BCUT2D eigenvalue weighted by molar-refractivity contribution is 6.04. The third-order valence-electron chi connectivity index (χ3n) is 5.89. The van der Waals surface area contributed by atoms with Gasteiger partial charge in [0.2, 0.25) is 5.91 Å². The van der Waals surface area contributed by atoms with Crippen molar-refractivity contribution in [2.24, 2.45) is 5.92 Å². The van der Waals surface area contributed by atoms with Crippen LogP contribution in [0.15, 0.2) is 42.5 Å². The third kappa shape index (κ3) is 5.13. The van der Waals surface area contributed by atoms with Gasteiger partial charge < -0.3 is 15.5 Å². The summed E-state index contributed by atoms with van der Waals surface area (Å²) in [7, 11) is 0. The van der Waals surface area contributed by atoms with E-state index in [1.807, 2.05) is 32.0 Å². The summed E-state index contributed by atoms with van der Waals surface area (Å²) in [6, 6.07) is 13.2. The molecule has 31 heavy (non-hydrogen) atoms. The molecule has 2 aliphatic rings. The van der Waals surface area contributed by atoms with Gasteiger partial charge in [0, 0.05) is 24.7 Å². The molecule has 6 nitrogen and oxygen atoms in total. The van der Waals surface area contributed by atoms with E-state index in [1.165, 1.54) is 0 Å². The van der Waals surface area contributed by atoms with Gasteiger partial charge in [0.25, 0.3) is 11.8 Å². The van der Waals surface area contributed by atoms with Crippen LogP contribution in [0.4, 0.5) is 5.69 Å². The summed E-state index contributed by atoms with van der Waals surface area (Å²) in [4.78, 5) is 40.3. The Kier molecular flexibility index (Phi) is 6.07. The van der Waals surface area contributed by atoms with E-state index in [-0.39, 0.29) is 29.7 Å². The molecule has 0 bridgehead atoms. The van der Waals surface area contributed by atoms with Gasteiger partial charge in [-0.2, -0.15) is 0 Å². The Morgan fingerprint density at radius 3 is 2.39 bits per heavy atom.